The van der Waals surface area contributed by atoms with E-state index in [0.29, 0.717) is 22.5 Å². The fourth-order valence-electron chi connectivity index (χ4n) is 4.07. The molecule has 0 spiro atoms. The molecule has 3 rings (SSSR count). The summed E-state index contributed by atoms with van der Waals surface area (Å²) < 4.78 is 16.5. The molecule has 6 nitrogen and oxygen atoms in total. The zero-order valence-corrected chi connectivity index (χ0v) is 16.9. The molecular formula is C22H28NO5+. The lowest BCUT2D eigenvalue weighted by molar-refractivity contribution is -0.934. The third-order valence-electron chi connectivity index (χ3n) is 5.73. The van der Waals surface area contributed by atoms with Gasteiger partial charge in [-0.25, -0.2) is 4.79 Å². The average Bonchev–Trinajstić information content (AvgIpc) is 2.70. The number of carbonyl (C=O) groups excluding carboxylic acids is 1. The van der Waals surface area contributed by atoms with Crippen molar-refractivity contribution in [2.75, 3.05) is 41.5 Å². The number of carbonyl (C=O) groups is 1. The van der Waals surface area contributed by atoms with Crippen molar-refractivity contribution in [2.24, 2.45) is 0 Å². The number of likely N-dealkylation sites (N-methyl/N-ethyl adjacent to an activating group) is 1. The lowest BCUT2D eigenvalue weighted by atomic mass is 9.86. The van der Waals surface area contributed by atoms with Crippen molar-refractivity contribution in [3.63, 3.8) is 0 Å². The van der Waals surface area contributed by atoms with Crippen LogP contribution < -0.4 is 9.47 Å². The minimum absolute atomic E-state index is 0.0483. The van der Waals surface area contributed by atoms with E-state index in [1.54, 1.807) is 26.4 Å². The number of ether oxygens (including phenoxy) is 3. The third-order valence-corrected chi connectivity index (χ3v) is 5.73. The Balaban J connectivity index is 2.06. The van der Waals surface area contributed by atoms with Crippen LogP contribution in [0.15, 0.2) is 36.4 Å². The number of hydrogen-bond donors (Lipinski definition) is 1. The van der Waals surface area contributed by atoms with Gasteiger partial charge in [0.1, 0.15) is 11.8 Å². The van der Waals surface area contributed by atoms with E-state index in [2.05, 4.69) is 7.05 Å². The summed E-state index contributed by atoms with van der Waals surface area (Å²) in [6, 6.07) is 11.4. The van der Waals surface area contributed by atoms with Gasteiger partial charge in [-0.05, 0) is 35.4 Å². The number of methoxy groups -OCH3 is 3. The van der Waals surface area contributed by atoms with Gasteiger partial charge in [0.2, 0.25) is 0 Å². The maximum atomic E-state index is 12.1. The molecule has 0 amide bonds. The summed E-state index contributed by atoms with van der Waals surface area (Å²) in [6.07, 6.45) is 1.57. The molecule has 2 atom stereocenters. The fourth-order valence-corrected chi connectivity index (χ4v) is 4.07. The minimum Gasteiger partial charge on any atom is -0.508 e. The number of phenols is 1. The Morgan fingerprint density at radius 2 is 1.75 bits per heavy atom. The molecule has 1 heterocycles. The van der Waals surface area contributed by atoms with Crippen LogP contribution in [-0.2, 0) is 22.4 Å². The maximum absolute atomic E-state index is 12.1. The molecule has 0 radical (unpaired) electrons. The minimum atomic E-state index is -0.220. The van der Waals surface area contributed by atoms with Crippen LogP contribution in [0.3, 0.4) is 0 Å². The zero-order valence-electron chi connectivity index (χ0n) is 16.9. The number of esters is 1. The fraction of sp³-hybridized carbons (Fsp3) is 0.409. The van der Waals surface area contributed by atoms with Gasteiger partial charge in [-0.3, -0.25) is 0 Å². The Labute approximate surface area is 165 Å². The number of nitrogens with zero attached hydrogens (tertiary/aromatic N) is 1. The standard InChI is InChI=1S/C22H27NO5/c1-23(14-22(25)28-4)10-9-16-12-20(26-2)21(27-3)13-18(16)19(23)11-15-5-7-17(24)8-6-15/h5-8,12-13,19H,9-11,14H2,1-4H3/p+1/t19-,23?/m1/s1. The van der Waals surface area contributed by atoms with E-state index in [4.69, 9.17) is 14.2 Å². The van der Waals surface area contributed by atoms with Crippen molar-refractivity contribution in [3.8, 4) is 17.2 Å². The molecule has 2 aromatic rings. The molecule has 1 aliphatic rings. The average molecular weight is 386 g/mol. The van der Waals surface area contributed by atoms with E-state index in [0.717, 1.165) is 30.5 Å². The quantitative estimate of drug-likeness (QED) is 0.611. The van der Waals surface area contributed by atoms with Crippen molar-refractivity contribution in [1.82, 2.24) is 0 Å². The molecule has 0 saturated carbocycles. The van der Waals surface area contributed by atoms with Crippen LogP contribution in [0.5, 0.6) is 17.2 Å². The smallest absolute Gasteiger partial charge is 0.361 e. The predicted molar refractivity (Wildman–Crippen MR) is 106 cm³/mol. The van der Waals surface area contributed by atoms with Crippen LogP contribution in [0, 0.1) is 0 Å². The second-order valence-corrected chi connectivity index (χ2v) is 7.48. The van der Waals surface area contributed by atoms with E-state index >= 15 is 0 Å². The predicted octanol–water partition coefficient (Wildman–Crippen LogP) is 2.87. The molecule has 0 aliphatic carbocycles. The van der Waals surface area contributed by atoms with Crippen molar-refractivity contribution < 1.29 is 28.6 Å². The monoisotopic (exact) mass is 386 g/mol. The Kier molecular flexibility index (Phi) is 5.79. The Morgan fingerprint density at radius 3 is 2.36 bits per heavy atom. The van der Waals surface area contributed by atoms with Gasteiger partial charge in [0.15, 0.2) is 18.0 Å². The van der Waals surface area contributed by atoms with E-state index < -0.39 is 0 Å². The first-order valence-electron chi connectivity index (χ1n) is 9.34. The highest BCUT2D eigenvalue weighted by Crippen LogP contribution is 2.42. The van der Waals surface area contributed by atoms with Gasteiger partial charge < -0.3 is 23.8 Å². The normalized spacial score (nSPS) is 20.9. The Bertz CT molecular complexity index is 849. The van der Waals surface area contributed by atoms with Gasteiger partial charge in [0.25, 0.3) is 0 Å². The Morgan fingerprint density at radius 1 is 1.11 bits per heavy atom. The lowest BCUT2D eigenvalue weighted by Crippen LogP contribution is -2.54. The first kappa shape index (κ1) is 20.0. The van der Waals surface area contributed by atoms with E-state index in [1.807, 2.05) is 24.3 Å². The molecule has 0 bridgehead atoms. The number of benzene rings is 2. The van der Waals surface area contributed by atoms with Gasteiger partial charge in [-0.2, -0.15) is 0 Å². The lowest BCUT2D eigenvalue weighted by Gasteiger charge is -2.45. The summed E-state index contributed by atoms with van der Waals surface area (Å²) in [6.45, 7) is 1.12. The molecule has 0 saturated heterocycles. The maximum Gasteiger partial charge on any atom is 0.361 e. The summed E-state index contributed by atoms with van der Waals surface area (Å²) in [5.41, 5.74) is 3.46. The molecule has 150 valence electrons. The van der Waals surface area contributed by atoms with Crippen LogP contribution in [0.2, 0.25) is 0 Å². The second-order valence-electron chi connectivity index (χ2n) is 7.48. The Hall–Kier alpha value is -2.73. The molecule has 6 heteroatoms. The molecule has 28 heavy (non-hydrogen) atoms. The van der Waals surface area contributed by atoms with E-state index in [9.17, 15) is 9.90 Å². The van der Waals surface area contributed by atoms with E-state index in [-0.39, 0.29) is 17.8 Å². The van der Waals surface area contributed by atoms with Crippen LogP contribution in [0.4, 0.5) is 0 Å². The number of fused-ring (bicyclic) bond motifs is 1. The van der Waals surface area contributed by atoms with Crippen molar-refractivity contribution in [3.05, 3.63) is 53.1 Å². The van der Waals surface area contributed by atoms with E-state index in [1.165, 1.54) is 12.7 Å². The summed E-state index contributed by atoms with van der Waals surface area (Å²) in [5, 5.41) is 9.60. The van der Waals surface area contributed by atoms with Crippen molar-refractivity contribution >= 4 is 5.97 Å². The number of quaternary nitrogens is 1. The van der Waals surface area contributed by atoms with Crippen LogP contribution in [0.1, 0.15) is 22.7 Å². The summed E-state index contributed by atoms with van der Waals surface area (Å²) in [5.74, 6) is 1.42. The topological polar surface area (TPSA) is 65.0 Å². The summed E-state index contributed by atoms with van der Waals surface area (Å²) >= 11 is 0. The molecular weight excluding hydrogens is 358 g/mol. The zero-order chi connectivity index (χ0) is 20.3. The first-order valence-corrected chi connectivity index (χ1v) is 9.34. The van der Waals surface area contributed by atoms with Crippen LogP contribution in [-0.4, -0.2) is 57.0 Å². The molecule has 1 unspecified atom stereocenters. The highest BCUT2D eigenvalue weighted by Gasteiger charge is 2.41. The molecule has 2 aromatic carbocycles. The van der Waals surface area contributed by atoms with Gasteiger partial charge in [-0.1, -0.05) is 12.1 Å². The number of phenolic OH excluding ortho intramolecular Hbond substituents is 1. The highest BCUT2D eigenvalue weighted by atomic mass is 16.5. The summed E-state index contributed by atoms with van der Waals surface area (Å²) in [4.78, 5) is 12.1. The highest BCUT2D eigenvalue weighted by molar-refractivity contribution is 5.70. The van der Waals surface area contributed by atoms with Gasteiger partial charge >= 0.3 is 5.97 Å². The van der Waals surface area contributed by atoms with Crippen molar-refractivity contribution in [1.29, 1.82) is 0 Å². The molecule has 0 aromatic heterocycles. The van der Waals surface area contributed by atoms with Gasteiger partial charge in [-0.15, -0.1) is 0 Å². The molecule has 1 N–H and O–H groups in total. The number of hydrogen-bond acceptors (Lipinski definition) is 5. The van der Waals surface area contributed by atoms with Gasteiger partial charge in [0, 0.05) is 18.4 Å². The van der Waals surface area contributed by atoms with Crippen LogP contribution >= 0.6 is 0 Å². The first-order chi connectivity index (χ1) is 13.4. The summed E-state index contributed by atoms with van der Waals surface area (Å²) in [7, 11) is 6.79. The molecule has 1 aliphatic heterocycles. The number of rotatable bonds is 6. The molecule has 0 fully saturated rings. The largest absolute Gasteiger partial charge is 0.508 e. The number of aromatic hydroxyl groups is 1. The van der Waals surface area contributed by atoms with Crippen LogP contribution in [0.25, 0.3) is 0 Å². The van der Waals surface area contributed by atoms with Gasteiger partial charge in [0.05, 0.1) is 34.9 Å². The second kappa shape index (κ2) is 8.10. The van der Waals surface area contributed by atoms with Crippen molar-refractivity contribution in [2.45, 2.75) is 18.9 Å². The third kappa shape index (κ3) is 3.92. The SMILES string of the molecule is COC(=O)C[N+]1(C)CCc2cc(OC)c(OC)cc2[C@H]1Cc1ccc(O)cc1.